The summed E-state index contributed by atoms with van der Waals surface area (Å²) in [7, 11) is 0. The fourth-order valence-corrected chi connectivity index (χ4v) is 5.68. The van der Waals surface area contributed by atoms with E-state index in [1.807, 2.05) is 0 Å². The molecule has 0 radical (unpaired) electrons. The molecule has 0 atom stereocenters. The van der Waals surface area contributed by atoms with Crippen molar-refractivity contribution >= 4 is 66.0 Å². The summed E-state index contributed by atoms with van der Waals surface area (Å²) in [6.45, 7) is 4.25. The summed E-state index contributed by atoms with van der Waals surface area (Å²) < 4.78 is 2.22. The molecule has 0 amide bonds. The van der Waals surface area contributed by atoms with Crippen molar-refractivity contribution in [1.82, 2.24) is 0 Å². The van der Waals surface area contributed by atoms with Gasteiger partial charge in [-0.2, -0.15) is 0 Å². The zero-order valence-corrected chi connectivity index (χ0v) is 26.7. The molecule has 6 aromatic rings. The van der Waals surface area contributed by atoms with Crippen LogP contribution in [-0.2, 0) is 0 Å². The van der Waals surface area contributed by atoms with Crippen molar-refractivity contribution < 1.29 is 0 Å². The number of aryl methyl sites for hydroxylation is 2. The molecule has 6 rings (SSSR count). The van der Waals surface area contributed by atoms with Gasteiger partial charge in [-0.25, -0.2) is 0 Å². The quantitative estimate of drug-likeness (QED) is 0.166. The molecular weight excluding hydrogens is 644 g/mol. The van der Waals surface area contributed by atoms with E-state index < -0.39 is 0 Å². The van der Waals surface area contributed by atoms with Crippen LogP contribution in [0.2, 0.25) is 0 Å². The third-order valence-electron chi connectivity index (χ3n) is 7.41. The molecule has 0 fully saturated rings. The SMILES string of the molecule is Cc1cc(N(c2ccccc2)c2ccc(-c3ccc(N(c4ccccc4)c4ccc(Br)c(C)c4)cc3)cc2)ccc1Br. The Balaban J connectivity index is 1.33. The second kappa shape index (κ2) is 12.4. The van der Waals surface area contributed by atoms with E-state index in [0.29, 0.717) is 0 Å². The van der Waals surface area contributed by atoms with Crippen LogP contribution in [0.15, 0.2) is 155 Å². The highest BCUT2D eigenvalue weighted by Crippen LogP contribution is 2.39. The number of hydrogen-bond donors (Lipinski definition) is 0. The molecule has 0 aliphatic rings. The number of halogens is 2. The smallest absolute Gasteiger partial charge is 0.0465 e. The van der Waals surface area contributed by atoms with Gasteiger partial charge in [-0.05, 0) is 121 Å². The average molecular weight is 674 g/mol. The number of para-hydroxylation sites is 2. The maximum Gasteiger partial charge on any atom is 0.0465 e. The fraction of sp³-hybridized carbons (Fsp3) is 0.0526. The predicted octanol–water partition coefficient (Wildman–Crippen LogP) is 12.4. The molecule has 0 bridgehead atoms. The first kappa shape index (κ1) is 28.0. The zero-order valence-electron chi connectivity index (χ0n) is 23.5. The minimum Gasteiger partial charge on any atom is -0.310 e. The molecule has 0 saturated heterocycles. The van der Waals surface area contributed by atoms with Gasteiger partial charge >= 0.3 is 0 Å². The number of hydrogen-bond acceptors (Lipinski definition) is 2. The van der Waals surface area contributed by atoms with Gasteiger partial charge in [-0.15, -0.1) is 0 Å². The lowest BCUT2D eigenvalue weighted by atomic mass is 10.0. The van der Waals surface area contributed by atoms with Gasteiger partial charge in [0.25, 0.3) is 0 Å². The van der Waals surface area contributed by atoms with Gasteiger partial charge in [0, 0.05) is 43.1 Å². The van der Waals surface area contributed by atoms with Crippen LogP contribution in [0.4, 0.5) is 34.1 Å². The minimum absolute atomic E-state index is 1.11. The van der Waals surface area contributed by atoms with Crippen molar-refractivity contribution in [3.8, 4) is 11.1 Å². The molecule has 42 heavy (non-hydrogen) atoms. The second-order valence-corrected chi connectivity index (χ2v) is 12.0. The van der Waals surface area contributed by atoms with Crippen molar-refractivity contribution in [2.45, 2.75) is 13.8 Å². The van der Waals surface area contributed by atoms with E-state index >= 15 is 0 Å². The molecule has 0 unspecified atom stereocenters. The Labute approximate surface area is 265 Å². The monoisotopic (exact) mass is 672 g/mol. The summed E-state index contributed by atoms with van der Waals surface area (Å²) in [5.74, 6) is 0. The van der Waals surface area contributed by atoms with Crippen LogP contribution in [0.5, 0.6) is 0 Å². The minimum atomic E-state index is 1.11. The molecule has 0 aliphatic carbocycles. The number of nitrogens with zero attached hydrogens (tertiary/aromatic N) is 2. The molecule has 0 heterocycles. The first-order chi connectivity index (χ1) is 20.5. The van der Waals surface area contributed by atoms with E-state index in [1.165, 1.54) is 22.3 Å². The van der Waals surface area contributed by atoms with Crippen LogP contribution in [0.3, 0.4) is 0 Å². The molecule has 0 N–H and O–H groups in total. The lowest BCUT2D eigenvalue weighted by Crippen LogP contribution is -2.10. The summed E-state index contributed by atoms with van der Waals surface area (Å²) in [5.41, 5.74) is 11.5. The van der Waals surface area contributed by atoms with Gasteiger partial charge in [0.05, 0.1) is 0 Å². The highest BCUT2D eigenvalue weighted by molar-refractivity contribution is 9.10. The normalized spacial score (nSPS) is 10.9. The van der Waals surface area contributed by atoms with Crippen LogP contribution in [-0.4, -0.2) is 0 Å². The van der Waals surface area contributed by atoms with Crippen molar-refractivity contribution in [3.63, 3.8) is 0 Å². The summed E-state index contributed by atoms with van der Waals surface area (Å²) in [5, 5.41) is 0. The van der Waals surface area contributed by atoms with Gasteiger partial charge in [0.2, 0.25) is 0 Å². The van der Waals surface area contributed by atoms with E-state index in [4.69, 9.17) is 0 Å². The van der Waals surface area contributed by atoms with Crippen LogP contribution in [0.25, 0.3) is 11.1 Å². The lowest BCUT2D eigenvalue weighted by Gasteiger charge is -2.26. The summed E-state index contributed by atoms with van der Waals surface area (Å²) in [6, 6.07) is 51.6. The van der Waals surface area contributed by atoms with Gasteiger partial charge < -0.3 is 9.80 Å². The molecule has 0 aliphatic heterocycles. The Hall–Kier alpha value is -4.12. The molecule has 0 saturated carbocycles. The summed E-state index contributed by atoms with van der Waals surface area (Å²) in [6.07, 6.45) is 0. The van der Waals surface area contributed by atoms with Crippen LogP contribution >= 0.6 is 31.9 Å². The largest absolute Gasteiger partial charge is 0.310 e. The Morgan fingerprint density at radius 3 is 1.00 bits per heavy atom. The van der Waals surface area contributed by atoms with Crippen LogP contribution < -0.4 is 9.80 Å². The van der Waals surface area contributed by atoms with Gasteiger partial charge in [-0.1, -0.05) is 92.5 Å². The second-order valence-electron chi connectivity index (χ2n) is 10.3. The van der Waals surface area contributed by atoms with Crippen molar-refractivity contribution in [2.75, 3.05) is 9.80 Å². The molecule has 0 spiro atoms. The molecule has 206 valence electrons. The summed E-state index contributed by atoms with van der Waals surface area (Å²) in [4.78, 5) is 4.59. The Morgan fingerprint density at radius 2 is 0.667 bits per heavy atom. The Kier molecular flexibility index (Phi) is 8.27. The lowest BCUT2D eigenvalue weighted by molar-refractivity contribution is 1.26. The first-order valence-corrected chi connectivity index (χ1v) is 15.5. The van der Waals surface area contributed by atoms with E-state index in [9.17, 15) is 0 Å². The fourth-order valence-electron chi connectivity index (χ4n) is 5.19. The van der Waals surface area contributed by atoms with E-state index in [-0.39, 0.29) is 0 Å². The highest BCUT2D eigenvalue weighted by Gasteiger charge is 2.15. The van der Waals surface area contributed by atoms with E-state index in [0.717, 1.165) is 43.1 Å². The highest BCUT2D eigenvalue weighted by atomic mass is 79.9. The third-order valence-corrected chi connectivity index (χ3v) is 9.19. The van der Waals surface area contributed by atoms with Crippen molar-refractivity contribution in [1.29, 1.82) is 0 Å². The van der Waals surface area contributed by atoms with E-state index in [1.54, 1.807) is 0 Å². The van der Waals surface area contributed by atoms with Gasteiger partial charge in [-0.3, -0.25) is 0 Å². The van der Waals surface area contributed by atoms with Crippen LogP contribution in [0, 0.1) is 13.8 Å². The Bertz CT molecular complexity index is 1660. The molecule has 6 aromatic carbocycles. The molecule has 2 nitrogen and oxygen atoms in total. The summed E-state index contributed by atoms with van der Waals surface area (Å²) >= 11 is 7.30. The standard InChI is InChI=1S/C38H30Br2N2/c1-27-25-35(21-23-37(27)39)41(31-9-5-3-6-10-31)33-17-13-29(14-18-33)30-15-19-34(20-16-30)42(32-11-7-4-8-12-32)36-22-24-38(40)28(2)26-36/h3-26H,1-2H3. The number of benzene rings is 6. The molecular formula is C38H30Br2N2. The Morgan fingerprint density at radius 1 is 0.357 bits per heavy atom. The van der Waals surface area contributed by atoms with Gasteiger partial charge in [0.1, 0.15) is 0 Å². The van der Waals surface area contributed by atoms with Gasteiger partial charge in [0.15, 0.2) is 0 Å². The third kappa shape index (κ3) is 5.92. The number of rotatable bonds is 7. The average Bonchev–Trinajstić information content (AvgIpc) is 3.03. The molecule has 4 heteroatoms. The predicted molar refractivity (Wildman–Crippen MR) is 186 cm³/mol. The number of anilines is 6. The van der Waals surface area contributed by atoms with E-state index in [2.05, 4.69) is 201 Å². The van der Waals surface area contributed by atoms with Crippen LogP contribution in [0.1, 0.15) is 11.1 Å². The molecule has 0 aromatic heterocycles. The van der Waals surface area contributed by atoms with Crippen molar-refractivity contribution in [2.24, 2.45) is 0 Å². The first-order valence-electron chi connectivity index (χ1n) is 13.9. The maximum atomic E-state index is 3.65. The van der Waals surface area contributed by atoms with Crippen molar-refractivity contribution in [3.05, 3.63) is 166 Å². The maximum absolute atomic E-state index is 3.65. The zero-order chi connectivity index (χ0) is 29.1. The topological polar surface area (TPSA) is 6.48 Å².